The van der Waals surface area contributed by atoms with Gasteiger partial charge in [-0.05, 0) is 18.9 Å². The summed E-state index contributed by atoms with van der Waals surface area (Å²) in [6.45, 7) is 2.10. The minimum Gasteiger partial charge on any atom is -0.363 e. The molecule has 0 aliphatic rings. The van der Waals surface area contributed by atoms with Crippen molar-refractivity contribution in [2.75, 3.05) is 0 Å². The molecule has 1 nitrogen and oxygen atoms in total. The van der Waals surface area contributed by atoms with Gasteiger partial charge in [0.2, 0.25) is 0 Å². The molecule has 10 heavy (non-hydrogen) atoms. The van der Waals surface area contributed by atoms with Crippen molar-refractivity contribution >= 4 is 0 Å². The summed E-state index contributed by atoms with van der Waals surface area (Å²) in [5.41, 5.74) is 0.738. The van der Waals surface area contributed by atoms with Crippen LogP contribution in [0, 0.1) is 5.82 Å². The number of aryl methyl sites for hydroxylation is 1. The molecule has 56 valence electrons. The van der Waals surface area contributed by atoms with Crippen molar-refractivity contribution in [3.63, 3.8) is 0 Å². The molecule has 1 aromatic heterocycles. The molecule has 0 saturated carbocycles. The van der Waals surface area contributed by atoms with Gasteiger partial charge in [0, 0.05) is 6.20 Å². The summed E-state index contributed by atoms with van der Waals surface area (Å²) >= 11 is 0. The highest BCUT2D eigenvalue weighted by Crippen LogP contribution is 2.06. The van der Waals surface area contributed by atoms with E-state index < -0.39 is 0 Å². The summed E-state index contributed by atoms with van der Waals surface area (Å²) in [5.74, 6) is -0.103. The average molecular weight is 141 g/mol. The molecule has 0 saturated heterocycles. The fourth-order valence-electron chi connectivity index (χ4n) is 0.930. The summed E-state index contributed by atoms with van der Waals surface area (Å²) < 4.78 is 12.6. The van der Waals surface area contributed by atoms with Gasteiger partial charge in [-0.25, -0.2) is 4.39 Å². The smallest absolute Gasteiger partial charge is 0.143 e. The SMILES string of the molecule is CCCCc1[nH]ccc1F. The molecule has 0 bridgehead atoms. The quantitative estimate of drug-likeness (QED) is 0.665. The largest absolute Gasteiger partial charge is 0.363 e. The van der Waals surface area contributed by atoms with Crippen molar-refractivity contribution in [1.29, 1.82) is 0 Å². The van der Waals surface area contributed by atoms with Crippen LogP contribution in [0.3, 0.4) is 0 Å². The summed E-state index contributed by atoms with van der Waals surface area (Å²) in [6.07, 6.45) is 4.63. The van der Waals surface area contributed by atoms with Crippen molar-refractivity contribution in [3.8, 4) is 0 Å². The third-order valence-electron chi connectivity index (χ3n) is 1.56. The number of aromatic nitrogens is 1. The molecule has 1 aromatic rings. The van der Waals surface area contributed by atoms with Crippen LogP contribution >= 0.6 is 0 Å². The number of H-pyrrole nitrogens is 1. The summed E-state index contributed by atoms with van der Waals surface area (Å²) in [6, 6.07) is 1.46. The second-order valence-electron chi connectivity index (χ2n) is 2.41. The second-order valence-corrected chi connectivity index (χ2v) is 2.41. The lowest BCUT2D eigenvalue weighted by molar-refractivity contribution is 0.602. The van der Waals surface area contributed by atoms with E-state index in [2.05, 4.69) is 11.9 Å². The van der Waals surface area contributed by atoms with E-state index >= 15 is 0 Å². The van der Waals surface area contributed by atoms with Crippen molar-refractivity contribution in [2.45, 2.75) is 26.2 Å². The standard InChI is InChI=1S/C8H12FN/c1-2-3-4-8-7(9)5-6-10-8/h5-6,10H,2-4H2,1H3. The Bertz CT molecular complexity index is 193. The van der Waals surface area contributed by atoms with Gasteiger partial charge < -0.3 is 4.98 Å². The van der Waals surface area contributed by atoms with Crippen LogP contribution in [-0.2, 0) is 6.42 Å². The van der Waals surface area contributed by atoms with Gasteiger partial charge in [-0.3, -0.25) is 0 Å². The number of unbranched alkanes of at least 4 members (excludes halogenated alkanes) is 1. The molecule has 1 heterocycles. The van der Waals surface area contributed by atoms with E-state index in [0.29, 0.717) is 0 Å². The monoisotopic (exact) mass is 141 g/mol. The first-order valence-corrected chi connectivity index (χ1v) is 3.66. The highest BCUT2D eigenvalue weighted by molar-refractivity contribution is 5.07. The summed E-state index contributed by atoms with van der Waals surface area (Å²) in [5, 5.41) is 0. The van der Waals surface area contributed by atoms with Crippen LogP contribution in [0.2, 0.25) is 0 Å². The minimum atomic E-state index is -0.103. The van der Waals surface area contributed by atoms with E-state index in [1.165, 1.54) is 6.07 Å². The predicted octanol–water partition coefficient (Wildman–Crippen LogP) is 2.50. The zero-order chi connectivity index (χ0) is 7.40. The third kappa shape index (κ3) is 1.59. The third-order valence-corrected chi connectivity index (χ3v) is 1.56. The first-order chi connectivity index (χ1) is 4.84. The lowest BCUT2D eigenvalue weighted by atomic mass is 10.2. The highest BCUT2D eigenvalue weighted by Gasteiger charge is 1.99. The van der Waals surface area contributed by atoms with Crippen LogP contribution in [0.15, 0.2) is 12.3 Å². The van der Waals surface area contributed by atoms with Crippen LogP contribution in [0.4, 0.5) is 4.39 Å². The maximum Gasteiger partial charge on any atom is 0.143 e. The Balaban J connectivity index is 2.49. The number of hydrogen-bond acceptors (Lipinski definition) is 0. The van der Waals surface area contributed by atoms with Crippen LogP contribution in [-0.4, -0.2) is 4.98 Å². The van der Waals surface area contributed by atoms with E-state index in [9.17, 15) is 4.39 Å². The van der Waals surface area contributed by atoms with Crippen molar-refractivity contribution in [3.05, 3.63) is 23.8 Å². The molecule has 0 aliphatic carbocycles. The molecule has 0 radical (unpaired) electrons. The van der Waals surface area contributed by atoms with Gasteiger partial charge in [-0.1, -0.05) is 13.3 Å². The maximum atomic E-state index is 12.6. The zero-order valence-corrected chi connectivity index (χ0v) is 6.15. The fraction of sp³-hybridized carbons (Fsp3) is 0.500. The van der Waals surface area contributed by atoms with Gasteiger partial charge in [-0.15, -0.1) is 0 Å². The van der Waals surface area contributed by atoms with Crippen LogP contribution < -0.4 is 0 Å². The number of halogens is 1. The van der Waals surface area contributed by atoms with Gasteiger partial charge in [-0.2, -0.15) is 0 Å². The molecular weight excluding hydrogens is 129 g/mol. The first-order valence-electron chi connectivity index (χ1n) is 3.66. The first kappa shape index (κ1) is 7.32. The predicted molar refractivity (Wildman–Crippen MR) is 39.4 cm³/mol. The summed E-state index contributed by atoms with van der Waals surface area (Å²) in [4.78, 5) is 2.87. The number of nitrogens with one attached hydrogen (secondary N) is 1. The lowest BCUT2D eigenvalue weighted by Crippen LogP contribution is -1.86. The molecular formula is C8H12FN. The van der Waals surface area contributed by atoms with E-state index in [1.54, 1.807) is 6.20 Å². The van der Waals surface area contributed by atoms with Gasteiger partial charge in [0.1, 0.15) is 5.82 Å². The van der Waals surface area contributed by atoms with Crippen molar-refractivity contribution in [1.82, 2.24) is 4.98 Å². The Kier molecular flexibility index (Phi) is 2.49. The van der Waals surface area contributed by atoms with E-state index in [0.717, 1.165) is 25.0 Å². The summed E-state index contributed by atoms with van der Waals surface area (Å²) in [7, 11) is 0. The second kappa shape index (κ2) is 3.40. The van der Waals surface area contributed by atoms with Crippen LogP contribution in [0.5, 0.6) is 0 Å². The molecule has 0 amide bonds. The molecule has 0 aromatic carbocycles. The Hall–Kier alpha value is -0.790. The topological polar surface area (TPSA) is 15.8 Å². The van der Waals surface area contributed by atoms with Gasteiger partial charge in [0.15, 0.2) is 0 Å². The maximum absolute atomic E-state index is 12.6. The molecule has 1 N–H and O–H groups in total. The number of aromatic amines is 1. The van der Waals surface area contributed by atoms with E-state index in [-0.39, 0.29) is 5.82 Å². The Morgan fingerprint density at radius 1 is 1.60 bits per heavy atom. The zero-order valence-electron chi connectivity index (χ0n) is 6.15. The molecule has 0 aliphatic heterocycles. The molecule has 0 fully saturated rings. The lowest BCUT2D eigenvalue weighted by Gasteiger charge is -1.93. The Labute approximate surface area is 60.3 Å². The minimum absolute atomic E-state index is 0.103. The Morgan fingerprint density at radius 3 is 2.90 bits per heavy atom. The van der Waals surface area contributed by atoms with Crippen LogP contribution in [0.1, 0.15) is 25.5 Å². The normalized spacial score (nSPS) is 10.2. The molecule has 2 heteroatoms. The van der Waals surface area contributed by atoms with Crippen molar-refractivity contribution < 1.29 is 4.39 Å². The van der Waals surface area contributed by atoms with Gasteiger partial charge in [0.25, 0.3) is 0 Å². The molecule has 1 rings (SSSR count). The van der Waals surface area contributed by atoms with Crippen molar-refractivity contribution in [2.24, 2.45) is 0 Å². The van der Waals surface area contributed by atoms with E-state index in [1.807, 2.05) is 0 Å². The number of rotatable bonds is 3. The number of hydrogen-bond donors (Lipinski definition) is 1. The Morgan fingerprint density at radius 2 is 2.40 bits per heavy atom. The van der Waals surface area contributed by atoms with Gasteiger partial charge in [0.05, 0.1) is 5.69 Å². The van der Waals surface area contributed by atoms with E-state index in [4.69, 9.17) is 0 Å². The highest BCUT2D eigenvalue weighted by atomic mass is 19.1. The molecule has 0 atom stereocenters. The average Bonchev–Trinajstić information content (AvgIpc) is 2.31. The van der Waals surface area contributed by atoms with Gasteiger partial charge >= 0.3 is 0 Å². The van der Waals surface area contributed by atoms with Crippen LogP contribution in [0.25, 0.3) is 0 Å². The molecule has 0 unspecified atom stereocenters. The molecule has 0 spiro atoms. The fourth-order valence-corrected chi connectivity index (χ4v) is 0.930.